The van der Waals surface area contributed by atoms with Crippen molar-refractivity contribution in [2.75, 3.05) is 10.8 Å². The quantitative estimate of drug-likeness (QED) is 0.270. The summed E-state index contributed by atoms with van der Waals surface area (Å²) in [5.41, 5.74) is 6.01. The zero-order chi connectivity index (χ0) is 19.4. The third-order valence-electron chi connectivity index (χ3n) is 4.22. The zero-order valence-corrected chi connectivity index (χ0v) is 16.5. The van der Waals surface area contributed by atoms with Gasteiger partial charge in [-0.15, -0.1) is 11.3 Å². The topological polar surface area (TPSA) is 96.0 Å². The number of rotatable bonds is 7. The first kappa shape index (κ1) is 19.2. The molecule has 0 bridgehead atoms. The molecule has 27 heavy (non-hydrogen) atoms. The van der Waals surface area contributed by atoms with Gasteiger partial charge in [0.05, 0.1) is 4.90 Å². The summed E-state index contributed by atoms with van der Waals surface area (Å²) >= 11 is 1.46. The number of fused-ring (bicyclic) bond motifs is 1. The minimum Gasteiger partial charge on any atom is -0.409 e. The van der Waals surface area contributed by atoms with Gasteiger partial charge in [-0.3, -0.25) is 4.31 Å². The number of nitrogens with zero attached hydrogens (tertiary/aromatic N) is 2. The van der Waals surface area contributed by atoms with Crippen LogP contribution in [0.2, 0.25) is 0 Å². The van der Waals surface area contributed by atoms with Crippen molar-refractivity contribution in [1.82, 2.24) is 0 Å². The average Bonchev–Trinajstić information content (AvgIpc) is 3.11. The summed E-state index contributed by atoms with van der Waals surface area (Å²) in [5.74, 6) is -0.0636. The zero-order valence-electron chi connectivity index (χ0n) is 14.9. The number of hydrogen-bond donors (Lipinski definition) is 2. The van der Waals surface area contributed by atoms with Crippen LogP contribution in [0.25, 0.3) is 10.1 Å². The lowest BCUT2D eigenvalue weighted by Crippen LogP contribution is -2.31. The number of nitrogens with two attached hydrogens (primary N) is 1. The molecule has 0 aliphatic carbocycles. The monoisotopic (exact) mass is 403 g/mol. The van der Waals surface area contributed by atoms with E-state index >= 15 is 0 Å². The lowest BCUT2D eigenvalue weighted by atomic mass is 10.2. The minimum atomic E-state index is -3.72. The number of thiophene rings is 1. The van der Waals surface area contributed by atoms with Crippen LogP contribution in [0.5, 0.6) is 0 Å². The Morgan fingerprint density at radius 3 is 2.52 bits per heavy atom. The van der Waals surface area contributed by atoms with Gasteiger partial charge in [0.1, 0.15) is 5.00 Å². The molecule has 1 aromatic heterocycles. The van der Waals surface area contributed by atoms with Gasteiger partial charge in [0.25, 0.3) is 10.0 Å². The third-order valence-corrected chi connectivity index (χ3v) is 7.30. The van der Waals surface area contributed by atoms with Crippen LogP contribution < -0.4 is 10.0 Å². The van der Waals surface area contributed by atoms with Crippen molar-refractivity contribution in [2.24, 2.45) is 10.9 Å². The Morgan fingerprint density at radius 1 is 1.19 bits per heavy atom. The number of anilines is 1. The van der Waals surface area contributed by atoms with Crippen molar-refractivity contribution >= 4 is 42.3 Å². The smallest absolute Gasteiger partial charge is 0.264 e. The van der Waals surface area contributed by atoms with Gasteiger partial charge in [-0.05, 0) is 48.2 Å². The maximum atomic E-state index is 13.3. The Kier molecular flexibility index (Phi) is 5.67. The second-order valence-corrected chi connectivity index (χ2v) is 8.99. The first-order valence-corrected chi connectivity index (χ1v) is 10.8. The van der Waals surface area contributed by atoms with Crippen LogP contribution in [-0.2, 0) is 10.0 Å². The van der Waals surface area contributed by atoms with E-state index in [9.17, 15) is 8.42 Å². The molecule has 0 saturated carbocycles. The highest BCUT2D eigenvalue weighted by atomic mass is 32.2. The van der Waals surface area contributed by atoms with E-state index in [1.54, 1.807) is 0 Å². The highest BCUT2D eigenvalue weighted by Gasteiger charge is 2.26. The van der Waals surface area contributed by atoms with Gasteiger partial charge in [0.15, 0.2) is 5.84 Å². The molecule has 0 spiro atoms. The first-order chi connectivity index (χ1) is 13.0. The Hall–Kier alpha value is -2.58. The summed E-state index contributed by atoms with van der Waals surface area (Å²) in [6, 6.07) is 15.8. The molecule has 3 rings (SSSR count). The van der Waals surface area contributed by atoms with Gasteiger partial charge in [0, 0.05) is 16.8 Å². The molecule has 6 nitrogen and oxygen atoms in total. The van der Waals surface area contributed by atoms with Gasteiger partial charge in [0.2, 0.25) is 0 Å². The number of oxime groups is 1. The van der Waals surface area contributed by atoms with Crippen LogP contribution in [0.15, 0.2) is 64.6 Å². The largest absolute Gasteiger partial charge is 0.409 e. The molecule has 0 radical (unpaired) electrons. The van der Waals surface area contributed by atoms with Crippen LogP contribution >= 0.6 is 11.3 Å². The van der Waals surface area contributed by atoms with Gasteiger partial charge >= 0.3 is 0 Å². The molecule has 0 saturated heterocycles. The number of hydrogen-bond acceptors (Lipinski definition) is 5. The molecule has 2 aromatic carbocycles. The molecule has 1 heterocycles. The summed E-state index contributed by atoms with van der Waals surface area (Å²) < 4.78 is 29.1. The highest BCUT2D eigenvalue weighted by molar-refractivity contribution is 7.93. The maximum Gasteiger partial charge on any atom is 0.264 e. The van der Waals surface area contributed by atoms with E-state index in [4.69, 9.17) is 10.9 Å². The molecule has 0 aliphatic heterocycles. The van der Waals surface area contributed by atoms with Gasteiger partial charge in [-0.25, -0.2) is 8.42 Å². The van der Waals surface area contributed by atoms with Gasteiger partial charge in [-0.1, -0.05) is 36.7 Å². The van der Waals surface area contributed by atoms with Crippen molar-refractivity contribution in [3.63, 3.8) is 0 Å². The molecule has 0 unspecified atom stereocenters. The van der Waals surface area contributed by atoms with E-state index in [0.29, 0.717) is 17.1 Å². The normalized spacial score (nSPS) is 12.4. The molecule has 0 amide bonds. The van der Waals surface area contributed by atoms with Crippen LogP contribution in [-0.4, -0.2) is 26.0 Å². The lowest BCUT2D eigenvalue weighted by Gasteiger charge is -2.22. The van der Waals surface area contributed by atoms with E-state index in [0.717, 1.165) is 22.9 Å². The van der Waals surface area contributed by atoms with E-state index in [-0.39, 0.29) is 10.7 Å². The van der Waals surface area contributed by atoms with E-state index in [1.807, 2.05) is 37.3 Å². The van der Waals surface area contributed by atoms with Crippen molar-refractivity contribution in [3.05, 3.63) is 60.2 Å². The van der Waals surface area contributed by atoms with Crippen LogP contribution in [0, 0.1) is 0 Å². The second kappa shape index (κ2) is 7.98. The molecular weight excluding hydrogens is 382 g/mol. The average molecular weight is 404 g/mol. The van der Waals surface area contributed by atoms with Crippen molar-refractivity contribution in [2.45, 2.75) is 24.7 Å². The van der Waals surface area contributed by atoms with Crippen LogP contribution in [0.1, 0.15) is 25.3 Å². The Bertz CT molecular complexity index is 1020. The molecular formula is C19H21N3O3S2. The Labute approximate surface area is 162 Å². The van der Waals surface area contributed by atoms with E-state index in [1.165, 1.54) is 39.9 Å². The Balaban J connectivity index is 2.02. The van der Waals surface area contributed by atoms with Crippen molar-refractivity contribution in [1.29, 1.82) is 0 Å². The minimum absolute atomic E-state index is 0.0636. The molecule has 0 fully saturated rings. The second-order valence-electron chi connectivity index (χ2n) is 6.06. The molecule has 8 heteroatoms. The van der Waals surface area contributed by atoms with Gasteiger partial charge in [-0.2, -0.15) is 0 Å². The van der Waals surface area contributed by atoms with E-state index in [2.05, 4.69) is 5.16 Å². The summed E-state index contributed by atoms with van der Waals surface area (Å²) in [6.45, 7) is 2.44. The van der Waals surface area contributed by atoms with Crippen LogP contribution in [0.3, 0.4) is 0 Å². The van der Waals surface area contributed by atoms with E-state index < -0.39 is 10.0 Å². The number of benzene rings is 2. The SMILES string of the molecule is CCCCN(c1cc2ccccc2s1)S(=O)(=O)c1ccc(C(N)=NO)cc1. The third kappa shape index (κ3) is 3.91. The molecule has 142 valence electrons. The summed E-state index contributed by atoms with van der Waals surface area (Å²) in [5, 5.41) is 13.4. The fourth-order valence-electron chi connectivity index (χ4n) is 2.72. The highest BCUT2D eigenvalue weighted by Crippen LogP contribution is 2.35. The maximum absolute atomic E-state index is 13.3. The van der Waals surface area contributed by atoms with Crippen molar-refractivity contribution < 1.29 is 13.6 Å². The molecule has 0 aliphatic rings. The Morgan fingerprint density at radius 2 is 1.89 bits per heavy atom. The summed E-state index contributed by atoms with van der Waals surface area (Å²) in [4.78, 5) is 0.172. The molecule has 3 N–H and O–H groups in total. The fraction of sp³-hybridized carbons (Fsp3) is 0.211. The fourth-order valence-corrected chi connectivity index (χ4v) is 5.52. The number of amidine groups is 1. The van der Waals surface area contributed by atoms with Crippen LogP contribution in [0.4, 0.5) is 5.00 Å². The van der Waals surface area contributed by atoms with Crippen molar-refractivity contribution in [3.8, 4) is 0 Å². The predicted molar refractivity (Wildman–Crippen MR) is 110 cm³/mol. The molecule has 0 atom stereocenters. The lowest BCUT2D eigenvalue weighted by molar-refractivity contribution is 0.318. The first-order valence-electron chi connectivity index (χ1n) is 8.56. The van der Waals surface area contributed by atoms with Gasteiger partial charge < -0.3 is 10.9 Å². The standard InChI is InChI=1S/C19H21N3O3S2/c1-2-3-12-22(18-13-15-6-4-5-7-17(15)26-18)27(24,25)16-10-8-14(9-11-16)19(20)21-23/h4-11,13,23H,2-3,12H2,1H3,(H2,20,21). The number of unbranched alkanes of at least 4 members (excludes halogenated alkanes) is 1. The number of sulfonamides is 1. The summed E-state index contributed by atoms with van der Waals surface area (Å²) in [7, 11) is -3.72. The molecule has 3 aromatic rings. The summed E-state index contributed by atoms with van der Waals surface area (Å²) in [6.07, 6.45) is 1.65. The predicted octanol–water partition coefficient (Wildman–Crippen LogP) is 3.99.